The van der Waals surface area contributed by atoms with Crippen molar-refractivity contribution in [1.29, 1.82) is 0 Å². The third-order valence-corrected chi connectivity index (χ3v) is 5.65. The largest absolute Gasteiger partial charge is 0.361 e. The van der Waals surface area contributed by atoms with Crippen molar-refractivity contribution in [3.05, 3.63) is 84.0 Å². The summed E-state index contributed by atoms with van der Waals surface area (Å²) in [7, 11) is 0. The van der Waals surface area contributed by atoms with Gasteiger partial charge in [-0.2, -0.15) is 0 Å². The minimum absolute atomic E-state index is 0.308. The minimum atomic E-state index is 0.308. The summed E-state index contributed by atoms with van der Waals surface area (Å²) in [5.74, 6) is 0. The van der Waals surface area contributed by atoms with Crippen molar-refractivity contribution < 1.29 is 0 Å². The molecule has 0 unspecified atom stereocenters. The lowest BCUT2D eigenvalue weighted by atomic mass is 10.0. The maximum Gasteiger partial charge on any atom is 0.222 e. The van der Waals surface area contributed by atoms with Crippen LogP contribution in [0.1, 0.15) is 18.5 Å². The van der Waals surface area contributed by atoms with Gasteiger partial charge in [0.1, 0.15) is 0 Å². The van der Waals surface area contributed by atoms with Crippen molar-refractivity contribution in [3.8, 4) is 11.3 Å². The Morgan fingerprint density at radius 1 is 0.931 bits per heavy atom. The standard InChI is InChI=1S/C16H14ClN3.C8H7N/c17-16-18-9-8-12(19-16)15-11-5-1-2-6-13(11)20-10-4-3-7-14(15)20;1-2-4-8-7(3-1)5-6-9-8/h1-2,5-6,8-9H,3-4,7,10H2;1-6,9H. The molecule has 0 radical (unpaired) electrons. The first-order chi connectivity index (χ1) is 14.3. The van der Waals surface area contributed by atoms with E-state index in [0.29, 0.717) is 5.28 Å². The number of halogens is 1. The molecule has 4 heterocycles. The van der Waals surface area contributed by atoms with E-state index >= 15 is 0 Å². The highest BCUT2D eigenvalue weighted by atomic mass is 35.5. The van der Waals surface area contributed by atoms with Gasteiger partial charge in [0.2, 0.25) is 5.28 Å². The normalized spacial score (nSPS) is 13.1. The zero-order chi connectivity index (χ0) is 19.6. The van der Waals surface area contributed by atoms with Crippen molar-refractivity contribution >= 4 is 33.4 Å². The van der Waals surface area contributed by atoms with Crippen molar-refractivity contribution in [1.82, 2.24) is 19.5 Å². The number of aromatic nitrogens is 4. The van der Waals surface area contributed by atoms with Gasteiger partial charge in [-0.3, -0.25) is 0 Å². The molecule has 2 aromatic carbocycles. The molecule has 0 saturated heterocycles. The summed E-state index contributed by atoms with van der Waals surface area (Å²) in [5, 5.41) is 2.85. The molecule has 0 fully saturated rings. The van der Waals surface area contributed by atoms with Crippen molar-refractivity contribution in [2.24, 2.45) is 0 Å². The van der Waals surface area contributed by atoms with Crippen LogP contribution in [0.2, 0.25) is 5.28 Å². The number of aromatic amines is 1. The van der Waals surface area contributed by atoms with E-state index in [4.69, 9.17) is 11.6 Å². The summed E-state index contributed by atoms with van der Waals surface area (Å²) < 4.78 is 2.43. The molecule has 0 bridgehead atoms. The van der Waals surface area contributed by atoms with Crippen LogP contribution >= 0.6 is 11.6 Å². The van der Waals surface area contributed by atoms with Crippen LogP contribution < -0.4 is 0 Å². The van der Waals surface area contributed by atoms with Crippen molar-refractivity contribution in [2.45, 2.75) is 25.8 Å². The van der Waals surface area contributed by atoms with Crippen molar-refractivity contribution in [3.63, 3.8) is 0 Å². The van der Waals surface area contributed by atoms with E-state index in [-0.39, 0.29) is 0 Å². The first-order valence-electron chi connectivity index (χ1n) is 9.92. The molecule has 5 heteroatoms. The van der Waals surface area contributed by atoms with Crippen LogP contribution in [0, 0.1) is 0 Å². The Morgan fingerprint density at radius 3 is 2.69 bits per heavy atom. The molecule has 5 aromatic rings. The molecule has 6 rings (SSSR count). The number of hydrogen-bond acceptors (Lipinski definition) is 2. The fourth-order valence-corrected chi connectivity index (χ4v) is 4.34. The van der Waals surface area contributed by atoms with E-state index in [0.717, 1.165) is 18.7 Å². The number of para-hydroxylation sites is 2. The van der Waals surface area contributed by atoms with E-state index in [2.05, 4.69) is 62.0 Å². The Bertz CT molecular complexity index is 1250. The van der Waals surface area contributed by atoms with Gasteiger partial charge in [-0.15, -0.1) is 0 Å². The third kappa shape index (κ3) is 3.40. The van der Waals surface area contributed by atoms with Gasteiger partial charge in [0.05, 0.1) is 5.69 Å². The highest BCUT2D eigenvalue weighted by Crippen LogP contribution is 2.37. The number of hydrogen-bond donors (Lipinski definition) is 1. The van der Waals surface area contributed by atoms with Gasteiger partial charge in [-0.05, 0) is 60.5 Å². The lowest BCUT2D eigenvalue weighted by molar-refractivity contribution is 0.546. The van der Waals surface area contributed by atoms with Crippen LogP contribution in [-0.4, -0.2) is 19.5 Å². The fourth-order valence-electron chi connectivity index (χ4n) is 4.19. The van der Waals surface area contributed by atoms with Crippen LogP contribution in [0.4, 0.5) is 0 Å². The molecule has 0 saturated carbocycles. The first kappa shape index (κ1) is 18.0. The summed E-state index contributed by atoms with van der Waals surface area (Å²) in [6.45, 7) is 1.09. The number of aryl methyl sites for hydroxylation is 1. The Labute approximate surface area is 174 Å². The van der Waals surface area contributed by atoms with Crippen LogP contribution in [0.25, 0.3) is 33.1 Å². The van der Waals surface area contributed by atoms with Gasteiger partial charge in [0.25, 0.3) is 0 Å². The molecule has 144 valence electrons. The fraction of sp³-hybridized carbons (Fsp3) is 0.167. The monoisotopic (exact) mass is 400 g/mol. The van der Waals surface area contributed by atoms with Crippen LogP contribution in [0.3, 0.4) is 0 Å². The lowest BCUT2D eigenvalue weighted by Gasteiger charge is -2.17. The number of nitrogens with zero attached hydrogens (tertiary/aromatic N) is 3. The Hall–Kier alpha value is -3.11. The molecule has 1 N–H and O–H groups in total. The quantitative estimate of drug-likeness (QED) is 0.338. The van der Waals surface area contributed by atoms with Gasteiger partial charge in [-0.25, -0.2) is 9.97 Å². The topological polar surface area (TPSA) is 46.5 Å². The highest BCUT2D eigenvalue weighted by molar-refractivity contribution is 6.28. The van der Waals surface area contributed by atoms with Crippen LogP contribution in [0.15, 0.2) is 73.1 Å². The molecular formula is C24H21ClN4. The zero-order valence-electron chi connectivity index (χ0n) is 16.0. The van der Waals surface area contributed by atoms with Gasteiger partial charge in [-0.1, -0.05) is 36.4 Å². The highest BCUT2D eigenvalue weighted by Gasteiger charge is 2.21. The second kappa shape index (κ2) is 7.72. The average Bonchev–Trinajstić information content (AvgIpc) is 3.37. The predicted molar refractivity (Wildman–Crippen MR) is 119 cm³/mol. The average molecular weight is 401 g/mol. The molecule has 4 nitrogen and oxygen atoms in total. The molecule has 0 amide bonds. The van der Waals surface area contributed by atoms with Gasteiger partial charge in [0.15, 0.2) is 0 Å². The van der Waals surface area contributed by atoms with E-state index < -0.39 is 0 Å². The smallest absolute Gasteiger partial charge is 0.222 e. The maximum atomic E-state index is 5.97. The van der Waals surface area contributed by atoms with Crippen LogP contribution in [-0.2, 0) is 13.0 Å². The molecule has 0 atom stereocenters. The zero-order valence-corrected chi connectivity index (χ0v) is 16.7. The molecule has 0 spiro atoms. The Balaban J connectivity index is 0.000000168. The first-order valence-corrected chi connectivity index (χ1v) is 10.3. The minimum Gasteiger partial charge on any atom is -0.361 e. The number of rotatable bonds is 1. The van der Waals surface area contributed by atoms with Gasteiger partial charge < -0.3 is 9.55 Å². The summed E-state index contributed by atoms with van der Waals surface area (Å²) >= 11 is 5.97. The summed E-state index contributed by atoms with van der Waals surface area (Å²) in [6, 6.07) is 20.8. The Morgan fingerprint density at radius 2 is 1.79 bits per heavy atom. The molecule has 29 heavy (non-hydrogen) atoms. The lowest BCUT2D eigenvalue weighted by Crippen LogP contribution is -2.10. The van der Waals surface area contributed by atoms with E-state index in [1.807, 2.05) is 24.4 Å². The summed E-state index contributed by atoms with van der Waals surface area (Å²) in [5.41, 5.74) is 6.04. The number of H-pyrrole nitrogens is 1. The predicted octanol–water partition coefficient (Wildman–Crippen LogP) is 6.26. The second-order valence-electron chi connectivity index (χ2n) is 7.22. The third-order valence-electron chi connectivity index (χ3n) is 5.47. The van der Waals surface area contributed by atoms with E-state index in [1.54, 1.807) is 6.20 Å². The SMILES string of the molecule is Clc1nccc(-c2c3n(c4ccccc24)CCCC3)n1.c1ccc2[nH]ccc2c1. The van der Waals surface area contributed by atoms with E-state index in [1.165, 1.54) is 45.9 Å². The molecule has 1 aliphatic heterocycles. The maximum absolute atomic E-state index is 5.97. The number of fused-ring (bicyclic) bond motifs is 4. The van der Waals surface area contributed by atoms with Gasteiger partial charge in [0, 0.05) is 46.6 Å². The number of nitrogens with one attached hydrogen (secondary N) is 1. The van der Waals surface area contributed by atoms with Crippen LogP contribution in [0.5, 0.6) is 0 Å². The number of benzene rings is 2. The van der Waals surface area contributed by atoms with Crippen molar-refractivity contribution in [2.75, 3.05) is 0 Å². The Kier molecular flexibility index (Phi) is 4.78. The summed E-state index contributed by atoms with van der Waals surface area (Å²) in [4.78, 5) is 11.5. The summed E-state index contributed by atoms with van der Waals surface area (Å²) in [6.07, 6.45) is 7.26. The molecule has 1 aliphatic rings. The molecule has 3 aromatic heterocycles. The van der Waals surface area contributed by atoms with E-state index in [9.17, 15) is 0 Å². The van der Waals surface area contributed by atoms with Gasteiger partial charge >= 0.3 is 0 Å². The molecular weight excluding hydrogens is 380 g/mol. The molecule has 0 aliphatic carbocycles. The second-order valence-corrected chi connectivity index (χ2v) is 7.56.